The molecule has 0 radical (unpaired) electrons. The van der Waals surface area contributed by atoms with E-state index in [2.05, 4.69) is 25.6 Å². The molecule has 0 aliphatic heterocycles. The molecule has 2 heterocycles. The Bertz CT molecular complexity index is 574. The molecular weight excluding hydrogens is 266 g/mol. The van der Waals surface area contributed by atoms with Crippen LogP contribution >= 0.6 is 0 Å². The number of aromatic nitrogens is 3. The number of nitrogens with one attached hydrogen (secondary N) is 2. The Morgan fingerprint density at radius 2 is 1.90 bits per heavy atom. The molecule has 112 valence electrons. The van der Waals surface area contributed by atoms with E-state index in [-0.39, 0.29) is 18.7 Å². The predicted molar refractivity (Wildman–Crippen MR) is 84.2 cm³/mol. The van der Waals surface area contributed by atoms with Crippen molar-refractivity contribution in [1.29, 1.82) is 0 Å². The van der Waals surface area contributed by atoms with Gasteiger partial charge in [-0.15, -0.1) is 0 Å². The summed E-state index contributed by atoms with van der Waals surface area (Å²) in [6.07, 6.45) is 1.73. The lowest BCUT2D eigenvalue weighted by molar-refractivity contribution is 0.281. The third-order valence-corrected chi connectivity index (χ3v) is 2.74. The van der Waals surface area contributed by atoms with E-state index < -0.39 is 0 Å². The van der Waals surface area contributed by atoms with E-state index in [1.54, 1.807) is 6.20 Å². The highest BCUT2D eigenvalue weighted by atomic mass is 16.3. The number of anilines is 2. The molecule has 0 fully saturated rings. The lowest BCUT2D eigenvalue weighted by atomic mass is 10.2. The van der Waals surface area contributed by atoms with Crippen LogP contribution in [0.5, 0.6) is 0 Å². The van der Waals surface area contributed by atoms with E-state index in [1.165, 1.54) is 0 Å². The molecule has 21 heavy (non-hydrogen) atoms. The zero-order valence-corrected chi connectivity index (χ0v) is 12.5. The van der Waals surface area contributed by atoms with Crippen molar-refractivity contribution in [1.82, 2.24) is 15.0 Å². The van der Waals surface area contributed by atoms with E-state index in [9.17, 15) is 0 Å². The third-order valence-electron chi connectivity index (χ3n) is 2.74. The molecule has 0 aromatic carbocycles. The lowest BCUT2D eigenvalue weighted by Crippen LogP contribution is -2.22. The average molecular weight is 287 g/mol. The molecule has 0 bridgehead atoms. The summed E-state index contributed by atoms with van der Waals surface area (Å²) in [6.45, 7) is 5.98. The van der Waals surface area contributed by atoms with Crippen LogP contribution in [0.4, 0.5) is 11.8 Å². The second-order valence-electron chi connectivity index (χ2n) is 5.20. The Hall–Kier alpha value is -2.21. The SMILES string of the molecule is CC(C)Nc1cc(-c2ccccn2)nc(N[C@H](C)CO)n1. The van der Waals surface area contributed by atoms with Crippen LogP contribution in [0, 0.1) is 0 Å². The first-order valence-electron chi connectivity index (χ1n) is 7.03. The zero-order chi connectivity index (χ0) is 15.2. The van der Waals surface area contributed by atoms with Crippen LogP contribution in [-0.2, 0) is 0 Å². The Morgan fingerprint density at radius 3 is 2.52 bits per heavy atom. The van der Waals surface area contributed by atoms with Gasteiger partial charge < -0.3 is 15.7 Å². The monoisotopic (exact) mass is 287 g/mol. The van der Waals surface area contributed by atoms with Crippen molar-refractivity contribution >= 4 is 11.8 Å². The van der Waals surface area contributed by atoms with Gasteiger partial charge in [0.25, 0.3) is 0 Å². The Morgan fingerprint density at radius 1 is 1.10 bits per heavy atom. The van der Waals surface area contributed by atoms with Gasteiger partial charge in [-0.2, -0.15) is 4.98 Å². The van der Waals surface area contributed by atoms with Crippen LogP contribution in [-0.4, -0.2) is 38.7 Å². The number of hydrogen-bond donors (Lipinski definition) is 3. The molecule has 0 aliphatic carbocycles. The average Bonchev–Trinajstić information content (AvgIpc) is 2.47. The Labute approximate surface area is 124 Å². The van der Waals surface area contributed by atoms with Crippen molar-refractivity contribution < 1.29 is 5.11 Å². The normalized spacial score (nSPS) is 12.2. The molecule has 0 saturated heterocycles. The third kappa shape index (κ3) is 4.39. The number of hydrogen-bond acceptors (Lipinski definition) is 6. The summed E-state index contributed by atoms with van der Waals surface area (Å²) in [6, 6.07) is 7.71. The molecule has 1 atom stereocenters. The standard InChI is InChI=1S/C15H21N5O/c1-10(2)17-14-8-13(12-6-4-5-7-16-12)19-15(20-14)18-11(3)9-21/h4-8,10-11,21H,9H2,1-3H3,(H2,17,18,19,20)/t11-/m1/s1. The van der Waals surface area contributed by atoms with Gasteiger partial charge in [-0.1, -0.05) is 6.07 Å². The Balaban J connectivity index is 2.37. The van der Waals surface area contributed by atoms with Gasteiger partial charge in [-0.25, -0.2) is 4.98 Å². The van der Waals surface area contributed by atoms with Gasteiger partial charge in [0, 0.05) is 24.3 Å². The quantitative estimate of drug-likeness (QED) is 0.755. The second-order valence-corrected chi connectivity index (χ2v) is 5.20. The van der Waals surface area contributed by atoms with Gasteiger partial charge in [0.1, 0.15) is 5.82 Å². The highest BCUT2D eigenvalue weighted by Gasteiger charge is 2.10. The smallest absolute Gasteiger partial charge is 0.225 e. The summed E-state index contributed by atoms with van der Waals surface area (Å²) in [4.78, 5) is 13.2. The van der Waals surface area contributed by atoms with E-state index >= 15 is 0 Å². The fraction of sp³-hybridized carbons (Fsp3) is 0.400. The van der Waals surface area contributed by atoms with Crippen molar-refractivity contribution in [2.24, 2.45) is 0 Å². The number of aliphatic hydroxyl groups is 1. The van der Waals surface area contributed by atoms with Gasteiger partial charge in [0.15, 0.2) is 0 Å². The van der Waals surface area contributed by atoms with Crippen molar-refractivity contribution in [3.63, 3.8) is 0 Å². The summed E-state index contributed by atoms with van der Waals surface area (Å²) in [5.74, 6) is 1.20. The van der Waals surface area contributed by atoms with Gasteiger partial charge in [0.2, 0.25) is 5.95 Å². The fourth-order valence-corrected chi connectivity index (χ4v) is 1.79. The van der Waals surface area contributed by atoms with Crippen LogP contribution < -0.4 is 10.6 Å². The summed E-state index contributed by atoms with van der Waals surface area (Å²) in [5, 5.41) is 15.5. The maximum Gasteiger partial charge on any atom is 0.225 e. The number of pyridine rings is 1. The van der Waals surface area contributed by atoms with Crippen LogP contribution in [0.1, 0.15) is 20.8 Å². The molecule has 2 aromatic heterocycles. The first-order chi connectivity index (χ1) is 10.1. The molecule has 0 aliphatic rings. The highest BCUT2D eigenvalue weighted by Crippen LogP contribution is 2.20. The van der Waals surface area contributed by atoms with Crippen molar-refractivity contribution in [3.05, 3.63) is 30.5 Å². The van der Waals surface area contributed by atoms with E-state index in [0.29, 0.717) is 5.95 Å². The van der Waals surface area contributed by atoms with Crippen LogP contribution in [0.15, 0.2) is 30.5 Å². The second kappa shape index (κ2) is 6.99. The lowest BCUT2D eigenvalue weighted by Gasteiger charge is -2.15. The molecule has 0 amide bonds. The van der Waals surface area contributed by atoms with Crippen molar-refractivity contribution in [2.45, 2.75) is 32.9 Å². The van der Waals surface area contributed by atoms with Crippen LogP contribution in [0.2, 0.25) is 0 Å². The molecule has 2 rings (SSSR count). The van der Waals surface area contributed by atoms with Crippen molar-refractivity contribution in [2.75, 3.05) is 17.2 Å². The summed E-state index contributed by atoms with van der Waals surface area (Å²) < 4.78 is 0. The molecular formula is C15H21N5O. The van der Waals surface area contributed by atoms with E-state index in [4.69, 9.17) is 5.11 Å². The van der Waals surface area contributed by atoms with Crippen molar-refractivity contribution in [3.8, 4) is 11.4 Å². The minimum atomic E-state index is -0.115. The van der Waals surface area contributed by atoms with Gasteiger partial charge in [-0.3, -0.25) is 4.98 Å². The number of nitrogens with zero attached hydrogens (tertiary/aromatic N) is 3. The molecule has 3 N–H and O–H groups in total. The maximum absolute atomic E-state index is 9.15. The maximum atomic E-state index is 9.15. The van der Waals surface area contributed by atoms with Crippen LogP contribution in [0.25, 0.3) is 11.4 Å². The molecule has 0 saturated carbocycles. The number of aliphatic hydroxyl groups excluding tert-OH is 1. The van der Waals surface area contributed by atoms with E-state index in [1.807, 2.05) is 45.0 Å². The van der Waals surface area contributed by atoms with Gasteiger partial charge in [0.05, 0.1) is 18.0 Å². The zero-order valence-electron chi connectivity index (χ0n) is 12.5. The summed E-state index contributed by atoms with van der Waals surface area (Å²) in [5.41, 5.74) is 1.52. The summed E-state index contributed by atoms with van der Waals surface area (Å²) in [7, 11) is 0. The minimum absolute atomic E-state index is 0.0180. The summed E-state index contributed by atoms with van der Waals surface area (Å²) >= 11 is 0. The first kappa shape index (κ1) is 15.2. The fourth-order valence-electron chi connectivity index (χ4n) is 1.79. The molecule has 6 nitrogen and oxygen atoms in total. The predicted octanol–water partition coefficient (Wildman–Crippen LogP) is 2.15. The van der Waals surface area contributed by atoms with Gasteiger partial charge >= 0.3 is 0 Å². The number of rotatable bonds is 6. The Kier molecular flexibility index (Phi) is 5.05. The topological polar surface area (TPSA) is 83.0 Å². The van der Waals surface area contributed by atoms with E-state index in [0.717, 1.165) is 17.2 Å². The molecule has 6 heteroatoms. The van der Waals surface area contributed by atoms with Gasteiger partial charge in [-0.05, 0) is 32.9 Å². The molecule has 0 unspecified atom stereocenters. The molecule has 2 aromatic rings. The first-order valence-corrected chi connectivity index (χ1v) is 7.03. The molecule has 0 spiro atoms. The highest BCUT2D eigenvalue weighted by molar-refractivity contribution is 5.61. The minimum Gasteiger partial charge on any atom is -0.394 e. The largest absolute Gasteiger partial charge is 0.394 e. The van der Waals surface area contributed by atoms with Crippen LogP contribution in [0.3, 0.4) is 0 Å².